The smallest absolute Gasteiger partial charge is 0.329 e. The van der Waals surface area contributed by atoms with Gasteiger partial charge >= 0.3 is 5.97 Å². The number of likely N-dealkylation sites (tertiary alicyclic amines) is 1. The van der Waals surface area contributed by atoms with E-state index in [1.807, 2.05) is 41.5 Å². The van der Waals surface area contributed by atoms with E-state index in [9.17, 15) is 24.3 Å². The lowest BCUT2D eigenvalue weighted by Gasteiger charge is -2.29. The predicted octanol–water partition coefficient (Wildman–Crippen LogP) is 3.00. The van der Waals surface area contributed by atoms with Crippen LogP contribution in [0.15, 0.2) is 34.5 Å². The molecular formula is C28H41N3O7. The first kappa shape index (κ1) is 31.0. The third kappa shape index (κ3) is 9.24. The standard InChI is InChI=1S/C28H41N3O7/c1-7-29-24(34)11-10-19(6)26(18(4)5)38-28(36)23-9-8-12-31(23)27(35)22-16-37-25(30-22)15-21(33)14-20(32)13-17(2)3/h10-11,13,16,18-20,23,26,32H,7-9,12,14-15H2,1-6H3,(H,29,34)/b11-10+/t19?,20?,23-,26?/m1/s1. The van der Waals surface area contributed by atoms with Crippen molar-refractivity contribution < 1.29 is 33.4 Å². The zero-order valence-corrected chi connectivity index (χ0v) is 23.2. The number of esters is 1. The average Bonchev–Trinajstić information content (AvgIpc) is 3.49. The molecule has 10 heteroatoms. The molecule has 0 radical (unpaired) electrons. The summed E-state index contributed by atoms with van der Waals surface area (Å²) in [5, 5.41) is 12.6. The zero-order valence-electron chi connectivity index (χ0n) is 23.2. The number of ether oxygens (including phenoxy) is 1. The van der Waals surface area contributed by atoms with Crippen molar-refractivity contribution in [2.45, 2.75) is 85.5 Å². The SMILES string of the molecule is CCNC(=O)/C=C/C(C)C(OC(=O)[C@H]1CCCN1C(=O)c1coc(CC(=O)CC(O)C=C(C)C)n1)C(C)C. The van der Waals surface area contributed by atoms with Crippen LogP contribution in [-0.2, 0) is 25.5 Å². The van der Waals surface area contributed by atoms with Crippen LogP contribution in [0.1, 0.15) is 77.2 Å². The highest BCUT2D eigenvalue weighted by Crippen LogP contribution is 2.25. The molecule has 210 valence electrons. The summed E-state index contributed by atoms with van der Waals surface area (Å²) in [6.45, 7) is 12.1. The van der Waals surface area contributed by atoms with E-state index in [4.69, 9.17) is 9.15 Å². The minimum Gasteiger partial charge on any atom is -0.460 e. The van der Waals surface area contributed by atoms with E-state index >= 15 is 0 Å². The molecule has 3 unspecified atom stereocenters. The summed E-state index contributed by atoms with van der Waals surface area (Å²) in [4.78, 5) is 55.9. The lowest BCUT2D eigenvalue weighted by Crippen LogP contribution is -2.44. The van der Waals surface area contributed by atoms with Crippen LogP contribution < -0.4 is 5.32 Å². The second-order valence-corrected chi connectivity index (χ2v) is 10.3. The van der Waals surface area contributed by atoms with E-state index in [1.165, 1.54) is 17.2 Å². The Morgan fingerprint density at radius 3 is 2.61 bits per heavy atom. The van der Waals surface area contributed by atoms with Gasteiger partial charge in [-0.15, -0.1) is 0 Å². The highest BCUT2D eigenvalue weighted by atomic mass is 16.5. The number of oxazole rings is 1. The number of hydrogen-bond donors (Lipinski definition) is 2. The number of carbonyl (C=O) groups excluding carboxylic acids is 4. The summed E-state index contributed by atoms with van der Waals surface area (Å²) in [5.74, 6) is -1.59. The average molecular weight is 532 g/mol. The number of amides is 2. The number of nitrogens with one attached hydrogen (secondary N) is 1. The highest BCUT2D eigenvalue weighted by Gasteiger charge is 2.38. The fraction of sp³-hybridized carbons (Fsp3) is 0.607. The lowest BCUT2D eigenvalue weighted by molar-refractivity contribution is -0.158. The molecule has 2 N–H and O–H groups in total. The second kappa shape index (κ2) is 14.6. The van der Waals surface area contributed by atoms with Gasteiger partial charge in [0.1, 0.15) is 24.2 Å². The minimum absolute atomic E-state index is 0.00993. The largest absolute Gasteiger partial charge is 0.460 e. The summed E-state index contributed by atoms with van der Waals surface area (Å²) in [6.07, 6.45) is 5.45. The zero-order chi connectivity index (χ0) is 28.4. The fourth-order valence-electron chi connectivity index (χ4n) is 4.46. The number of aromatic nitrogens is 1. The number of likely N-dealkylation sites (N-methyl/N-ethyl adjacent to an activating group) is 1. The number of aliphatic hydroxyl groups excluding tert-OH is 1. The van der Waals surface area contributed by atoms with Gasteiger partial charge in [-0.2, -0.15) is 0 Å². The third-order valence-corrected chi connectivity index (χ3v) is 6.20. The molecule has 1 aromatic rings. The van der Waals surface area contributed by atoms with E-state index in [2.05, 4.69) is 10.3 Å². The van der Waals surface area contributed by atoms with Crippen molar-refractivity contribution in [2.24, 2.45) is 11.8 Å². The summed E-state index contributed by atoms with van der Waals surface area (Å²) in [5.41, 5.74) is 0.911. The summed E-state index contributed by atoms with van der Waals surface area (Å²) < 4.78 is 11.2. The maximum absolute atomic E-state index is 13.2. The van der Waals surface area contributed by atoms with Gasteiger partial charge in [0, 0.05) is 25.4 Å². The van der Waals surface area contributed by atoms with Gasteiger partial charge in [-0.05, 0) is 45.6 Å². The van der Waals surface area contributed by atoms with Crippen LogP contribution in [0, 0.1) is 11.8 Å². The van der Waals surface area contributed by atoms with Gasteiger partial charge in [-0.3, -0.25) is 14.4 Å². The summed E-state index contributed by atoms with van der Waals surface area (Å²) >= 11 is 0. The molecule has 0 aromatic carbocycles. The number of ketones is 1. The van der Waals surface area contributed by atoms with Crippen molar-refractivity contribution in [3.8, 4) is 0 Å². The number of carbonyl (C=O) groups is 4. The molecule has 1 aliphatic rings. The molecule has 2 heterocycles. The van der Waals surface area contributed by atoms with Crippen LogP contribution in [0.5, 0.6) is 0 Å². The molecule has 1 aromatic heterocycles. The van der Waals surface area contributed by atoms with Gasteiger partial charge in [0.25, 0.3) is 5.91 Å². The summed E-state index contributed by atoms with van der Waals surface area (Å²) in [6, 6.07) is -0.760. The Balaban J connectivity index is 2.03. The molecule has 2 rings (SSSR count). The topological polar surface area (TPSA) is 139 Å². The van der Waals surface area contributed by atoms with Crippen molar-refractivity contribution >= 4 is 23.6 Å². The Bertz CT molecular complexity index is 1040. The number of hydrogen-bond acceptors (Lipinski definition) is 8. The van der Waals surface area contributed by atoms with Gasteiger partial charge in [-0.1, -0.05) is 38.5 Å². The van der Waals surface area contributed by atoms with E-state index in [0.717, 1.165) is 5.57 Å². The molecular weight excluding hydrogens is 490 g/mol. The Morgan fingerprint density at radius 2 is 1.97 bits per heavy atom. The van der Waals surface area contributed by atoms with Crippen molar-refractivity contribution in [2.75, 3.05) is 13.1 Å². The lowest BCUT2D eigenvalue weighted by atomic mass is 9.94. The number of nitrogens with zero attached hydrogens (tertiary/aromatic N) is 2. The van der Waals surface area contributed by atoms with Crippen LogP contribution in [0.4, 0.5) is 0 Å². The van der Waals surface area contributed by atoms with Crippen LogP contribution >= 0.6 is 0 Å². The molecule has 1 fully saturated rings. The first-order valence-corrected chi connectivity index (χ1v) is 13.2. The maximum Gasteiger partial charge on any atom is 0.329 e. The van der Waals surface area contributed by atoms with Gasteiger partial charge < -0.3 is 24.5 Å². The van der Waals surface area contributed by atoms with Crippen molar-refractivity contribution in [1.82, 2.24) is 15.2 Å². The highest BCUT2D eigenvalue weighted by molar-refractivity contribution is 5.95. The predicted molar refractivity (Wildman–Crippen MR) is 141 cm³/mol. The van der Waals surface area contributed by atoms with Crippen LogP contribution in [0.3, 0.4) is 0 Å². The molecule has 0 saturated carbocycles. The Hall–Kier alpha value is -3.27. The van der Waals surface area contributed by atoms with Gasteiger partial charge in [0.15, 0.2) is 5.69 Å². The normalized spacial score (nSPS) is 17.8. The molecule has 2 amide bonds. The van der Waals surface area contributed by atoms with E-state index in [-0.39, 0.29) is 48.0 Å². The maximum atomic E-state index is 13.2. The Labute approximate surface area is 224 Å². The minimum atomic E-state index is -0.888. The van der Waals surface area contributed by atoms with Gasteiger partial charge in [-0.25, -0.2) is 9.78 Å². The van der Waals surface area contributed by atoms with Crippen molar-refractivity contribution in [3.63, 3.8) is 0 Å². The van der Waals surface area contributed by atoms with Crippen molar-refractivity contribution in [1.29, 1.82) is 0 Å². The Kier molecular flexibility index (Phi) is 11.9. The number of Topliss-reactive ketones (excluding diaryl/α,β-unsaturated/α-hetero) is 1. The monoisotopic (exact) mass is 531 g/mol. The molecule has 0 aliphatic carbocycles. The molecule has 1 saturated heterocycles. The summed E-state index contributed by atoms with van der Waals surface area (Å²) in [7, 11) is 0. The van der Waals surface area contributed by atoms with E-state index in [0.29, 0.717) is 25.9 Å². The number of allylic oxidation sites excluding steroid dienone is 1. The molecule has 4 atom stereocenters. The van der Waals surface area contributed by atoms with Crippen LogP contribution in [-0.4, -0.2) is 69.9 Å². The second-order valence-electron chi connectivity index (χ2n) is 10.3. The van der Waals surface area contributed by atoms with E-state index < -0.39 is 30.1 Å². The molecule has 38 heavy (non-hydrogen) atoms. The molecule has 0 bridgehead atoms. The Morgan fingerprint density at radius 1 is 1.26 bits per heavy atom. The van der Waals surface area contributed by atoms with Crippen LogP contribution in [0.2, 0.25) is 0 Å². The quantitative estimate of drug-likeness (QED) is 0.225. The van der Waals surface area contributed by atoms with Crippen molar-refractivity contribution in [3.05, 3.63) is 41.6 Å². The third-order valence-electron chi connectivity index (χ3n) is 6.20. The van der Waals surface area contributed by atoms with E-state index in [1.54, 1.807) is 12.2 Å². The molecule has 1 aliphatic heterocycles. The molecule has 10 nitrogen and oxygen atoms in total. The first-order valence-electron chi connectivity index (χ1n) is 13.2. The first-order chi connectivity index (χ1) is 17.9. The fourth-order valence-corrected chi connectivity index (χ4v) is 4.46. The van der Waals surface area contributed by atoms with Gasteiger partial charge in [0.05, 0.1) is 12.5 Å². The number of rotatable bonds is 13. The van der Waals surface area contributed by atoms with Crippen LogP contribution in [0.25, 0.3) is 0 Å². The molecule has 0 spiro atoms. The van der Waals surface area contributed by atoms with Gasteiger partial charge in [0.2, 0.25) is 11.8 Å². The number of aliphatic hydroxyl groups is 1.